The quantitative estimate of drug-likeness (QED) is 0.0196. The second-order valence-electron chi connectivity index (χ2n) is 19.0. The van der Waals surface area contributed by atoms with Crippen LogP contribution in [0.3, 0.4) is 0 Å². The number of aliphatic hydroxyl groups excluding tert-OH is 5. The molecule has 0 aromatic carbocycles. The number of ether oxygens (including phenoxy) is 3. The van der Waals surface area contributed by atoms with Crippen LogP contribution in [0.25, 0.3) is 0 Å². The topological polar surface area (TPSA) is 175 Å². The van der Waals surface area contributed by atoms with Crippen molar-refractivity contribution in [2.24, 2.45) is 0 Å². The smallest absolute Gasteiger partial charge is 0.306 e. The van der Waals surface area contributed by atoms with Crippen LogP contribution in [-0.4, -0.2) is 99.6 Å². The maximum absolute atomic E-state index is 13.3. The molecule has 1 aliphatic heterocycles. The molecule has 11 heteroatoms. The number of hydrogen-bond acceptors (Lipinski definition) is 10. The molecule has 0 radical (unpaired) electrons. The van der Waals surface area contributed by atoms with Crippen LogP contribution in [0.15, 0.2) is 12.2 Å². The van der Waals surface area contributed by atoms with Gasteiger partial charge < -0.3 is 45.1 Å². The molecule has 1 aliphatic rings. The first kappa shape index (κ1) is 60.4. The van der Waals surface area contributed by atoms with Gasteiger partial charge in [-0.15, -0.1) is 0 Å². The van der Waals surface area contributed by atoms with Crippen molar-refractivity contribution in [1.82, 2.24) is 5.32 Å². The molecule has 1 fully saturated rings. The lowest BCUT2D eigenvalue weighted by Gasteiger charge is -2.41. The second kappa shape index (κ2) is 42.7. The summed E-state index contributed by atoms with van der Waals surface area (Å²) in [4.78, 5) is 26.3. The lowest BCUT2D eigenvalue weighted by atomic mass is 9.99. The zero-order valence-corrected chi connectivity index (χ0v) is 41.4. The number of esters is 1. The molecular weight excluding hydrogens is 811 g/mol. The van der Waals surface area contributed by atoms with Crippen molar-refractivity contribution in [1.29, 1.82) is 0 Å². The van der Waals surface area contributed by atoms with Crippen molar-refractivity contribution < 1.29 is 49.3 Å². The van der Waals surface area contributed by atoms with Gasteiger partial charge in [-0.1, -0.05) is 232 Å². The van der Waals surface area contributed by atoms with Crippen molar-refractivity contribution in [2.45, 2.75) is 301 Å². The van der Waals surface area contributed by atoms with E-state index < -0.39 is 67.4 Å². The van der Waals surface area contributed by atoms with E-state index in [-0.39, 0.29) is 13.0 Å². The highest BCUT2D eigenvalue weighted by atomic mass is 16.7. The first-order valence-corrected chi connectivity index (χ1v) is 27.0. The lowest BCUT2D eigenvalue weighted by molar-refractivity contribution is -0.305. The summed E-state index contributed by atoms with van der Waals surface area (Å²) >= 11 is 0. The third-order valence-electron chi connectivity index (χ3n) is 12.9. The Morgan fingerprint density at radius 3 is 1.47 bits per heavy atom. The maximum Gasteiger partial charge on any atom is 0.306 e. The molecule has 8 atom stereocenters. The third-order valence-corrected chi connectivity index (χ3v) is 12.9. The molecule has 8 unspecified atom stereocenters. The normalized spacial score (nSPS) is 20.4. The Bertz CT molecular complexity index is 1090. The highest BCUT2D eigenvalue weighted by molar-refractivity contribution is 5.80. The predicted octanol–water partition coefficient (Wildman–Crippen LogP) is 11.2. The van der Waals surface area contributed by atoms with Gasteiger partial charge in [0.05, 0.1) is 25.4 Å². The van der Waals surface area contributed by atoms with Gasteiger partial charge in [0.1, 0.15) is 24.4 Å². The fraction of sp³-hybridized carbons (Fsp3) is 0.925. The summed E-state index contributed by atoms with van der Waals surface area (Å²) in [5.74, 6) is -1.19. The molecule has 11 nitrogen and oxygen atoms in total. The summed E-state index contributed by atoms with van der Waals surface area (Å²) < 4.78 is 17.5. The second-order valence-corrected chi connectivity index (χ2v) is 19.0. The first-order chi connectivity index (χ1) is 31.2. The van der Waals surface area contributed by atoms with Crippen LogP contribution in [0.5, 0.6) is 0 Å². The molecule has 6 N–H and O–H groups in total. The van der Waals surface area contributed by atoms with E-state index in [4.69, 9.17) is 14.2 Å². The number of unbranched alkanes of at least 4 members (excludes halogenated alkanes) is 31. The van der Waals surface area contributed by atoms with E-state index in [9.17, 15) is 35.1 Å². The minimum Gasteiger partial charge on any atom is -0.454 e. The number of hydrogen-bond donors (Lipinski definition) is 6. The first-order valence-electron chi connectivity index (χ1n) is 27.0. The minimum atomic E-state index is -1.60. The van der Waals surface area contributed by atoms with E-state index >= 15 is 0 Å². The molecule has 0 saturated carbocycles. The van der Waals surface area contributed by atoms with Crippen molar-refractivity contribution in [2.75, 3.05) is 13.2 Å². The largest absolute Gasteiger partial charge is 0.454 e. The third kappa shape index (κ3) is 31.4. The molecule has 64 heavy (non-hydrogen) atoms. The van der Waals surface area contributed by atoms with Gasteiger partial charge in [-0.25, -0.2) is 0 Å². The molecule has 378 valence electrons. The van der Waals surface area contributed by atoms with Crippen LogP contribution < -0.4 is 5.32 Å². The molecule has 0 aromatic heterocycles. The predicted molar refractivity (Wildman–Crippen MR) is 260 cm³/mol. The van der Waals surface area contributed by atoms with Crippen LogP contribution >= 0.6 is 0 Å². The fourth-order valence-corrected chi connectivity index (χ4v) is 8.59. The minimum absolute atomic E-state index is 0.131. The highest BCUT2D eigenvalue weighted by Gasteiger charge is 2.47. The van der Waals surface area contributed by atoms with Crippen LogP contribution in [0, 0.1) is 0 Å². The zero-order chi connectivity index (χ0) is 46.9. The molecule has 1 amide bonds. The van der Waals surface area contributed by atoms with Crippen molar-refractivity contribution in [3.05, 3.63) is 12.2 Å². The molecule has 0 aromatic rings. The Labute approximate surface area is 391 Å². The van der Waals surface area contributed by atoms with Crippen LogP contribution in [-0.2, 0) is 23.8 Å². The summed E-state index contributed by atoms with van der Waals surface area (Å²) in [6.07, 6.45) is 34.1. The van der Waals surface area contributed by atoms with Crippen LogP contribution in [0.1, 0.15) is 252 Å². The summed E-state index contributed by atoms with van der Waals surface area (Å²) in [7, 11) is 0. The summed E-state index contributed by atoms with van der Waals surface area (Å²) in [6.45, 7) is 5.75. The number of allylic oxidation sites excluding steroid dienone is 1. The van der Waals surface area contributed by atoms with E-state index in [0.717, 1.165) is 57.8 Å². The lowest BCUT2D eigenvalue weighted by Crippen LogP contribution is -2.61. The van der Waals surface area contributed by atoms with Crippen molar-refractivity contribution >= 4 is 11.9 Å². The Kier molecular flexibility index (Phi) is 40.3. The summed E-state index contributed by atoms with van der Waals surface area (Å²) in [6, 6.07) is -1.01. The average Bonchev–Trinajstić information content (AvgIpc) is 3.29. The van der Waals surface area contributed by atoms with Gasteiger partial charge in [-0.05, 0) is 25.7 Å². The number of rotatable bonds is 45. The van der Waals surface area contributed by atoms with E-state index in [1.165, 1.54) is 148 Å². The van der Waals surface area contributed by atoms with Gasteiger partial charge in [0.15, 0.2) is 12.4 Å². The highest BCUT2D eigenvalue weighted by Crippen LogP contribution is 2.26. The molecule has 1 saturated heterocycles. The maximum atomic E-state index is 13.3. The van der Waals surface area contributed by atoms with E-state index in [0.29, 0.717) is 19.3 Å². The average molecular weight is 912 g/mol. The Balaban J connectivity index is 2.75. The van der Waals surface area contributed by atoms with Gasteiger partial charge >= 0.3 is 5.97 Å². The number of amides is 1. The Morgan fingerprint density at radius 2 is 1.02 bits per heavy atom. The Hall–Kier alpha value is -1.60. The number of carbonyl (C=O) groups is 2. The van der Waals surface area contributed by atoms with Gasteiger partial charge in [0.25, 0.3) is 0 Å². The molecule has 0 spiro atoms. The van der Waals surface area contributed by atoms with Gasteiger partial charge in [-0.2, -0.15) is 0 Å². The molecule has 1 heterocycles. The van der Waals surface area contributed by atoms with E-state index in [1.807, 2.05) is 6.08 Å². The van der Waals surface area contributed by atoms with Crippen LogP contribution in [0.2, 0.25) is 0 Å². The number of nitrogens with one attached hydrogen (secondary N) is 1. The SMILES string of the molecule is CCCCCCCCCCC/C=C/C(O)C(COC1OC(CO)C(O)C(O)C1OC(=O)CCCCCCCCCCCCCCCC)NC(=O)C(O)CCCCCCCCCCCC. The number of carbonyl (C=O) groups excluding carboxylic acids is 2. The van der Waals surface area contributed by atoms with Gasteiger partial charge in [0, 0.05) is 6.42 Å². The summed E-state index contributed by atoms with van der Waals surface area (Å²) in [5, 5.41) is 56.5. The van der Waals surface area contributed by atoms with Crippen molar-refractivity contribution in [3.8, 4) is 0 Å². The monoisotopic (exact) mass is 912 g/mol. The Morgan fingerprint density at radius 1 is 0.594 bits per heavy atom. The fourth-order valence-electron chi connectivity index (χ4n) is 8.59. The zero-order valence-electron chi connectivity index (χ0n) is 41.4. The molecule has 0 bridgehead atoms. The number of aliphatic hydroxyl groups is 5. The molecule has 0 aliphatic carbocycles. The standard InChI is InChI=1S/C53H101NO10/c1-4-7-10-13-16-19-22-23-24-26-29-32-35-38-41-48(58)64-51-50(60)49(59)47(42-55)63-53(51)62-43-44(45(56)39-36-33-30-28-25-20-17-14-11-8-5-2)54-52(61)46(57)40-37-34-31-27-21-18-15-12-9-6-3/h36,39,44-47,49-51,53,55-57,59-60H,4-35,37-38,40-43H2,1-3H3,(H,54,61)/b39-36+. The molecule has 1 rings (SSSR count). The van der Waals surface area contributed by atoms with E-state index in [1.54, 1.807) is 6.08 Å². The van der Waals surface area contributed by atoms with Gasteiger partial charge in [0.2, 0.25) is 5.91 Å². The van der Waals surface area contributed by atoms with Gasteiger partial charge in [-0.3, -0.25) is 9.59 Å². The summed E-state index contributed by atoms with van der Waals surface area (Å²) in [5.41, 5.74) is 0. The molecular formula is C53H101NO10. The van der Waals surface area contributed by atoms with E-state index in [2.05, 4.69) is 26.1 Å². The van der Waals surface area contributed by atoms with Crippen LogP contribution in [0.4, 0.5) is 0 Å². The van der Waals surface area contributed by atoms with Crippen molar-refractivity contribution in [3.63, 3.8) is 0 Å².